The van der Waals surface area contributed by atoms with E-state index in [4.69, 9.17) is 5.11 Å². The number of likely N-dealkylation sites (tertiary alicyclic amines) is 1. The molecule has 86 valence electrons. The van der Waals surface area contributed by atoms with E-state index in [9.17, 15) is 4.79 Å². The Bertz CT molecular complexity index is 238. The van der Waals surface area contributed by atoms with Gasteiger partial charge in [0.1, 0.15) is 0 Å². The van der Waals surface area contributed by atoms with Gasteiger partial charge in [-0.25, -0.2) is 0 Å². The van der Waals surface area contributed by atoms with Crippen LogP contribution in [0.2, 0.25) is 0 Å². The zero-order valence-corrected chi connectivity index (χ0v) is 9.48. The molecule has 2 fully saturated rings. The quantitative estimate of drug-likeness (QED) is 0.777. The topological polar surface area (TPSA) is 40.5 Å². The molecule has 1 aliphatic heterocycles. The Labute approximate surface area is 91.5 Å². The number of carboxylic acids is 1. The Morgan fingerprint density at radius 3 is 2.67 bits per heavy atom. The van der Waals surface area contributed by atoms with Crippen molar-refractivity contribution < 1.29 is 9.90 Å². The van der Waals surface area contributed by atoms with Gasteiger partial charge in [0.15, 0.2) is 0 Å². The van der Waals surface area contributed by atoms with E-state index in [1.165, 1.54) is 32.2 Å². The van der Waals surface area contributed by atoms with Crippen molar-refractivity contribution in [2.45, 2.75) is 57.5 Å². The maximum absolute atomic E-state index is 10.8. The second-order valence-corrected chi connectivity index (χ2v) is 5.06. The van der Waals surface area contributed by atoms with Crippen LogP contribution in [0.1, 0.15) is 45.4 Å². The molecule has 2 rings (SSSR count). The molecule has 3 nitrogen and oxygen atoms in total. The third-order valence-electron chi connectivity index (χ3n) is 3.90. The highest BCUT2D eigenvalue weighted by atomic mass is 16.4. The second-order valence-electron chi connectivity index (χ2n) is 5.06. The Kier molecular flexibility index (Phi) is 3.29. The van der Waals surface area contributed by atoms with E-state index in [-0.39, 0.29) is 0 Å². The summed E-state index contributed by atoms with van der Waals surface area (Å²) >= 11 is 0. The number of hydrogen-bond donors (Lipinski definition) is 1. The van der Waals surface area contributed by atoms with Crippen LogP contribution in [0.5, 0.6) is 0 Å². The molecule has 2 atom stereocenters. The third kappa shape index (κ3) is 2.71. The molecular weight excluding hydrogens is 190 g/mol. The van der Waals surface area contributed by atoms with Crippen molar-refractivity contribution in [1.82, 2.24) is 4.90 Å². The highest BCUT2D eigenvalue weighted by molar-refractivity contribution is 5.67. The molecule has 15 heavy (non-hydrogen) atoms. The van der Waals surface area contributed by atoms with Crippen LogP contribution in [0.3, 0.4) is 0 Å². The normalized spacial score (nSPS) is 33.7. The molecule has 0 aromatic carbocycles. The van der Waals surface area contributed by atoms with Gasteiger partial charge in [0.2, 0.25) is 0 Å². The molecule has 3 heteroatoms. The maximum Gasteiger partial charge on any atom is 0.303 e. The molecule has 1 saturated heterocycles. The summed E-state index contributed by atoms with van der Waals surface area (Å²) in [5, 5.41) is 8.90. The highest BCUT2D eigenvalue weighted by Crippen LogP contribution is 2.35. The summed E-state index contributed by atoms with van der Waals surface area (Å²) in [6, 6.07) is 1.24. The van der Waals surface area contributed by atoms with Crippen LogP contribution in [-0.4, -0.2) is 34.6 Å². The number of rotatable bonds is 3. The molecule has 0 aromatic heterocycles. The van der Waals surface area contributed by atoms with Gasteiger partial charge in [-0.05, 0) is 45.1 Å². The van der Waals surface area contributed by atoms with Gasteiger partial charge in [-0.2, -0.15) is 0 Å². The predicted molar refractivity (Wildman–Crippen MR) is 58.8 cm³/mol. The van der Waals surface area contributed by atoms with E-state index in [2.05, 4.69) is 11.8 Å². The van der Waals surface area contributed by atoms with E-state index >= 15 is 0 Å². The first kappa shape index (κ1) is 10.9. The summed E-state index contributed by atoms with van der Waals surface area (Å²) in [6.07, 6.45) is 6.54. The van der Waals surface area contributed by atoms with Crippen molar-refractivity contribution >= 4 is 5.97 Å². The highest BCUT2D eigenvalue weighted by Gasteiger charge is 2.36. The van der Waals surface area contributed by atoms with Gasteiger partial charge >= 0.3 is 5.97 Å². The van der Waals surface area contributed by atoms with Crippen LogP contribution in [0.4, 0.5) is 0 Å². The molecule has 0 amide bonds. The first-order valence-electron chi connectivity index (χ1n) is 6.16. The lowest BCUT2D eigenvalue weighted by Gasteiger charge is -2.31. The number of hydrogen-bond acceptors (Lipinski definition) is 2. The van der Waals surface area contributed by atoms with Crippen LogP contribution >= 0.6 is 0 Å². The molecule has 2 aliphatic rings. The van der Waals surface area contributed by atoms with Crippen molar-refractivity contribution in [2.75, 3.05) is 6.54 Å². The van der Waals surface area contributed by atoms with E-state index in [1.54, 1.807) is 0 Å². The summed E-state index contributed by atoms with van der Waals surface area (Å²) in [6.45, 7) is 3.40. The lowest BCUT2D eigenvalue weighted by molar-refractivity contribution is -0.138. The Balaban J connectivity index is 1.98. The number of nitrogens with zero attached hydrogens (tertiary/aromatic N) is 1. The Hall–Kier alpha value is -0.570. The van der Waals surface area contributed by atoms with Crippen molar-refractivity contribution in [3.8, 4) is 0 Å². The van der Waals surface area contributed by atoms with Crippen molar-refractivity contribution in [2.24, 2.45) is 5.92 Å². The molecule has 0 spiro atoms. The lowest BCUT2D eigenvalue weighted by atomic mass is 9.92. The minimum atomic E-state index is -0.635. The fourth-order valence-corrected chi connectivity index (χ4v) is 2.83. The van der Waals surface area contributed by atoms with Gasteiger partial charge in [0.05, 0.1) is 0 Å². The zero-order valence-electron chi connectivity index (χ0n) is 9.48. The average Bonchev–Trinajstić information content (AvgIpc) is 2.96. The SMILES string of the molecule is C[C@@H]1[C@@H](CC(=O)O)CCCCN1C1CC1. The van der Waals surface area contributed by atoms with Crippen molar-refractivity contribution in [3.63, 3.8) is 0 Å². The number of aliphatic carboxylic acids is 1. The average molecular weight is 211 g/mol. The predicted octanol–water partition coefficient (Wildman–Crippen LogP) is 2.11. The van der Waals surface area contributed by atoms with Crippen molar-refractivity contribution in [3.05, 3.63) is 0 Å². The van der Waals surface area contributed by atoms with Crippen LogP contribution in [-0.2, 0) is 4.79 Å². The molecular formula is C12H21NO2. The minimum Gasteiger partial charge on any atom is -0.481 e. The summed E-state index contributed by atoms with van der Waals surface area (Å²) < 4.78 is 0. The van der Waals surface area contributed by atoms with Crippen LogP contribution in [0.25, 0.3) is 0 Å². The third-order valence-corrected chi connectivity index (χ3v) is 3.90. The Morgan fingerprint density at radius 2 is 2.07 bits per heavy atom. The smallest absolute Gasteiger partial charge is 0.303 e. The number of carboxylic acid groups (broad SMARTS) is 1. The molecule has 1 N–H and O–H groups in total. The fraction of sp³-hybridized carbons (Fsp3) is 0.917. The van der Waals surface area contributed by atoms with Gasteiger partial charge in [-0.1, -0.05) is 6.42 Å². The van der Waals surface area contributed by atoms with Crippen LogP contribution < -0.4 is 0 Å². The van der Waals surface area contributed by atoms with E-state index < -0.39 is 5.97 Å². The summed E-state index contributed by atoms with van der Waals surface area (Å²) in [7, 11) is 0. The van der Waals surface area contributed by atoms with Gasteiger partial charge in [-0.3, -0.25) is 9.69 Å². The van der Waals surface area contributed by atoms with Gasteiger partial charge in [0.25, 0.3) is 0 Å². The molecule has 0 aromatic rings. The van der Waals surface area contributed by atoms with Crippen LogP contribution in [0.15, 0.2) is 0 Å². The fourth-order valence-electron chi connectivity index (χ4n) is 2.83. The molecule has 0 unspecified atom stereocenters. The summed E-state index contributed by atoms with van der Waals surface area (Å²) in [4.78, 5) is 13.4. The molecule has 1 saturated carbocycles. The Morgan fingerprint density at radius 1 is 1.33 bits per heavy atom. The van der Waals surface area contributed by atoms with E-state index in [0.717, 1.165) is 12.5 Å². The second kappa shape index (κ2) is 4.52. The minimum absolute atomic E-state index is 0.352. The standard InChI is InChI=1S/C12H21NO2/c1-9-10(8-12(14)15)4-2-3-7-13(9)11-5-6-11/h9-11H,2-8H2,1H3,(H,14,15)/t9-,10-/m1/s1. The maximum atomic E-state index is 10.8. The molecule has 0 bridgehead atoms. The first-order valence-corrected chi connectivity index (χ1v) is 6.16. The first-order chi connectivity index (χ1) is 7.18. The van der Waals surface area contributed by atoms with E-state index in [1.807, 2.05) is 0 Å². The monoisotopic (exact) mass is 211 g/mol. The number of carbonyl (C=O) groups is 1. The lowest BCUT2D eigenvalue weighted by Crippen LogP contribution is -2.39. The molecule has 1 heterocycles. The summed E-state index contributed by atoms with van der Waals surface area (Å²) in [5.74, 6) is -0.268. The molecule has 1 aliphatic carbocycles. The van der Waals surface area contributed by atoms with Crippen LogP contribution in [0, 0.1) is 5.92 Å². The van der Waals surface area contributed by atoms with E-state index in [0.29, 0.717) is 18.4 Å². The summed E-state index contributed by atoms with van der Waals surface area (Å²) in [5.41, 5.74) is 0. The van der Waals surface area contributed by atoms with Gasteiger partial charge in [-0.15, -0.1) is 0 Å². The van der Waals surface area contributed by atoms with Crippen molar-refractivity contribution in [1.29, 1.82) is 0 Å². The zero-order chi connectivity index (χ0) is 10.8. The van der Waals surface area contributed by atoms with Gasteiger partial charge < -0.3 is 5.11 Å². The molecule has 0 radical (unpaired) electrons. The largest absolute Gasteiger partial charge is 0.481 e. The van der Waals surface area contributed by atoms with Gasteiger partial charge in [0, 0.05) is 18.5 Å².